The maximum absolute atomic E-state index is 12.9. The van der Waals surface area contributed by atoms with Crippen LogP contribution in [0.15, 0.2) is 28.7 Å². The number of hydrogen-bond acceptors (Lipinski definition) is 3. The number of rotatable bonds is 2. The molecule has 124 valence electrons. The predicted molar refractivity (Wildman–Crippen MR) is 92.1 cm³/mol. The first-order valence-electron chi connectivity index (χ1n) is 8.55. The van der Waals surface area contributed by atoms with E-state index in [1.165, 1.54) is 0 Å². The smallest absolute Gasteiger partial charge is 0.226 e. The lowest BCUT2D eigenvalue weighted by atomic mass is 9.91. The first-order valence-corrected chi connectivity index (χ1v) is 9.34. The van der Waals surface area contributed by atoms with Gasteiger partial charge >= 0.3 is 0 Å². The van der Waals surface area contributed by atoms with Gasteiger partial charge in [0.05, 0.1) is 13.2 Å². The number of ether oxygens (including phenoxy) is 1. The summed E-state index contributed by atoms with van der Waals surface area (Å²) in [7, 11) is 0. The zero-order valence-corrected chi connectivity index (χ0v) is 14.8. The van der Waals surface area contributed by atoms with Crippen LogP contribution in [0.4, 0.5) is 0 Å². The Morgan fingerprint density at radius 2 is 2.09 bits per heavy atom. The number of nitrogens with zero attached hydrogens (tertiary/aromatic N) is 1. The summed E-state index contributed by atoms with van der Waals surface area (Å²) >= 11 is 3.60. The van der Waals surface area contributed by atoms with Crippen LogP contribution in [0.1, 0.15) is 30.9 Å². The van der Waals surface area contributed by atoms with Crippen molar-refractivity contribution in [3.63, 3.8) is 0 Å². The lowest BCUT2D eigenvalue weighted by Gasteiger charge is -2.34. The highest BCUT2D eigenvalue weighted by atomic mass is 79.9. The Morgan fingerprint density at radius 3 is 2.87 bits per heavy atom. The Morgan fingerprint density at radius 1 is 1.30 bits per heavy atom. The lowest BCUT2D eigenvalue weighted by molar-refractivity contribution is -0.141. The van der Waals surface area contributed by atoms with Crippen molar-refractivity contribution in [1.82, 2.24) is 10.2 Å². The molecular weight excluding hydrogens is 356 g/mol. The molecule has 2 atom stereocenters. The van der Waals surface area contributed by atoms with Crippen LogP contribution in [0.3, 0.4) is 0 Å². The summed E-state index contributed by atoms with van der Waals surface area (Å²) in [6.07, 6.45) is 3.37. The fraction of sp³-hybridized carbons (Fsp3) is 0.611. The van der Waals surface area contributed by atoms with Crippen LogP contribution in [0.25, 0.3) is 0 Å². The van der Waals surface area contributed by atoms with Crippen molar-refractivity contribution >= 4 is 21.8 Å². The number of carbonyl (C=O) groups excluding carboxylic acids is 1. The molecule has 1 amide bonds. The SMILES string of the molecule is O=C([C@H]1CC12CCNCC2)N1CCO[C@H](c2ccccc2Br)C1. The summed E-state index contributed by atoms with van der Waals surface area (Å²) in [6, 6.07) is 8.14. The second kappa shape index (κ2) is 6.19. The third-order valence-electron chi connectivity index (χ3n) is 5.72. The van der Waals surface area contributed by atoms with Crippen LogP contribution in [0, 0.1) is 11.3 Å². The highest BCUT2D eigenvalue weighted by Gasteiger charge is 2.58. The summed E-state index contributed by atoms with van der Waals surface area (Å²) in [5.74, 6) is 0.606. The molecule has 0 bridgehead atoms. The standard InChI is InChI=1S/C18H23BrN2O2/c19-15-4-2-1-3-13(15)16-12-21(9-10-23-16)17(22)14-11-18(14)5-7-20-8-6-18/h1-4,14,16,20H,5-12H2/t14-,16+/m1/s1. The van der Waals surface area contributed by atoms with Crippen LogP contribution >= 0.6 is 15.9 Å². The fourth-order valence-electron chi connectivity index (χ4n) is 4.17. The molecule has 1 aromatic rings. The Kier molecular flexibility index (Phi) is 4.20. The molecule has 1 saturated carbocycles. The molecule has 2 heterocycles. The van der Waals surface area contributed by atoms with E-state index in [-0.39, 0.29) is 12.0 Å². The molecule has 1 aliphatic carbocycles. The van der Waals surface area contributed by atoms with Crippen molar-refractivity contribution in [3.8, 4) is 0 Å². The van der Waals surface area contributed by atoms with Crippen LogP contribution in [-0.2, 0) is 9.53 Å². The summed E-state index contributed by atoms with van der Waals surface area (Å²) in [4.78, 5) is 15.0. The number of benzene rings is 1. The highest BCUT2D eigenvalue weighted by molar-refractivity contribution is 9.10. The van der Waals surface area contributed by atoms with Gasteiger partial charge in [-0.3, -0.25) is 4.79 Å². The predicted octanol–water partition coefficient (Wildman–Crippen LogP) is 2.74. The van der Waals surface area contributed by atoms with E-state index in [4.69, 9.17) is 4.74 Å². The second-order valence-corrected chi connectivity index (χ2v) is 7.89. The monoisotopic (exact) mass is 378 g/mol. The molecule has 0 aromatic heterocycles. The van der Waals surface area contributed by atoms with E-state index in [9.17, 15) is 4.79 Å². The van der Waals surface area contributed by atoms with E-state index < -0.39 is 0 Å². The molecule has 23 heavy (non-hydrogen) atoms. The van der Waals surface area contributed by atoms with Gasteiger partial charge in [0.1, 0.15) is 6.10 Å². The minimum atomic E-state index is -0.0222. The normalized spacial score (nSPS) is 29.5. The van der Waals surface area contributed by atoms with E-state index in [0.29, 0.717) is 24.5 Å². The number of halogens is 1. The Balaban J connectivity index is 1.44. The number of nitrogens with one attached hydrogen (secondary N) is 1. The first-order chi connectivity index (χ1) is 11.2. The zero-order valence-electron chi connectivity index (χ0n) is 13.3. The Labute approximate surface area is 145 Å². The number of piperidine rings is 1. The van der Waals surface area contributed by atoms with E-state index in [2.05, 4.69) is 27.3 Å². The average molecular weight is 379 g/mol. The number of amides is 1. The van der Waals surface area contributed by atoms with Gasteiger partial charge in [0, 0.05) is 16.9 Å². The lowest BCUT2D eigenvalue weighted by Crippen LogP contribution is -2.44. The van der Waals surface area contributed by atoms with Crippen molar-refractivity contribution < 1.29 is 9.53 Å². The highest BCUT2D eigenvalue weighted by Crippen LogP contribution is 2.59. The third kappa shape index (κ3) is 2.94. The Hall–Kier alpha value is -0.910. The fourth-order valence-corrected chi connectivity index (χ4v) is 4.71. The molecular formula is C18H23BrN2O2. The van der Waals surface area contributed by atoms with Gasteiger partial charge < -0.3 is 15.0 Å². The van der Waals surface area contributed by atoms with E-state index in [1.807, 2.05) is 23.1 Å². The zero-order chi connectivity index (χ0) is 15.9. The second-order valence-electron chi connectivity index (χ2n) is 7.03. The van der Waals surface area contributed by atoms with E-state index in [1.54, 1.807) is 0 Å². The van der Waals surface area contributed by atoms with Gasteiger partial charge in [-0.25, -0.2) is 0 Å². The molecule has 2 aliphatic heterocycles. The van der Waals surface area contributed by atoms with Gasteiger partial charge in [-0.2, -0.15) is 0 Å². The number of morpholine rings is 1. The number of carbonyl (C=O) groups is 1. The minimum absolute atomic E-state index is 0.0222. The van der Waals surface area contributed by atoms with E-state index in [0.717, 1.165) is 48.9 Å². The van der Waals surface area contributed by atoms with E-state index >= 15 is 0 Å². The first kappa shape index (κ1) is 15.6. The molecule has 1 spiro atoms. The largest absolute Gasteiger partial charge is 0.370 e. The molecule has 3 fully saturated rings. The van der Waals surface area contributed by atoms with Gasteiger partial charge in [0.2, 0.25) is 5.91 Å². The summed E-state index contributed by atoms with van der Waals surface area (Å²) < 4.78 is 6.98. The summed E-state index contributed by atoms with van der Waals surface area (Å²) in [6.45, 7) is 4.15. The molecule has 4 rings (SSSR count). The maximum atomic E-state index is 12.9. The topological polar surface area (TPSA) is 41.6 Å². The molecule has 1 aromatic carbocycles. The van der Waals surface area contributed by atoms with Crippen LogP contribution in [0.5, 0.6) is 0 Å². The molecule has 0 radical (unpaired) electrons. The quantitative estimate of drug-likeness (QED) is 0.859. The van der Waals surface area contributed by atoms with Crippen molar-refractivity contribution in [2.75, 3.05) is 32.8 Å². The van der Waals surface area contributed by atoms with Gasteiger partial charge in [-0.15, -0.1) is 0 Å². The van der Waals surface area contributed by atoms with Gasteiger partial charge in [-0.1, -0.05) is 34.1 Å². The molecule has 1 N–H and O–H groups in total. The van der Waals surface area contributed by atoms with Crippen molar-refractivity contribution in [3.05, 3.63) is 34.3 Å². The molecule has 3 aliphatic rings. The molecule has 0 unspecified atom stereocenters. The molecule has 2 saturated heterocycles. The summed E-state index contributed by atoms with van der Waals surface area (Å²) in [5.41, 5.74) is 1.45. The van der Waals surface area contributed by atoms with Crippen LogP contribution < -0.4 is 5.32 Å². The van der Waals surface area contributed by atoms with Gasteiger partial charge in [0.25, 0.3) is 0 Å². The van der Waals surface area contributed by atoms with Gasteiger partial charge in [0.15, 0.2) is 0 Å². The van der Waals surface area contributed by atoms with Gasteiger partial charge in [-0.05, 0) is 49.4 Å². The van der Waals surface area contributed by atoms with Crippen molar-refractivity contribution in [2.45, 2.75) is 25.4 Å². The summed E-state index contributed by atoms with van der Waals surface area (Å²) in [5, 5.41) is 3.40. The molecule has 5 heteroatoms. The maximum Gasteiger partial charge on any atom is 0.226 e. The average Bonchev–Trinajstić information content (AvgIpc) is 3.28. The van der Waals surface area contributed by atoms with Crippen molar-refractivity contribution in [2.24, 2.45) is 11.3 Å². The third-order valence-corrected chi connectivity index (χ3v) is 6.44. The Bertz CT molecular complexity index is 600. The number of hydrogen-bond donors (Lipinski definition) is 1. The van der Waals surface area contributed by atoms with Crippen molar-refractivity contribution in [1.29, 1.82) is 0 Å². The minimum Gasteiger partial charge on any atom is -0.370 e. The van der Waals surface area contributed by atoms with Crippen LogP contribution in [-0.4, -0.2) is 43.6 Å². The van der Waals surface area contributed by atoms with Crippen LogP contribution in [0.2, 0.25) is 0 Å². The molecule has 4 nitrogen and oxygen atoms in total.